The van der Waals surface area contributed by atoms with Gasteiger partial charge in [-0.15, -0.1) is 12.4 Å². The molecule has 0 saturated carbocycles. The van der Waals surface area contributed by atoms with Gasteiger partial charge in [0.2, 0.25) is 0 Å². The first kappa shape index (κ1) is 14.3. The van der Waals surface area contributed by atoms with Crippen LogP contribution in [-0.4, -0.2) is 0 Å². The fourth-order valence-electron chi connectivity index (χ4n) is 1.47. The second kappa shape index (κ2) is 6.03. The number of rotatable bonds is 3. The van der Waals surface area contributed by atoms with Crippen molar-refractivity contribution in [1.82, 2.24) is 0 Å². The van der Waals surface area contributed by atoms with Crippen molar-refractivity contribution >= 4 is 12.4 Å². The molecule has 1 aromatic rings. The van der Waals surface area contributed by atoms with E-state index in [4.69, 9.17) is 5.73 Å². The number of nitrogens with two attached hydrogens (primary N) is 1. The van der Waals surface area contributed by atoms with Gasteiger partial charge in [0.1, 0.15) is 11.6 Å². The Kier molecular flexibility index (Phi) is 5.76. The summed E-state index contributed by atoms with van der Waals surface area (Å²) in [5.41, 5.74) is 6.15. The van der Waals surface area contributed by atoms with E-state index in [1.54, 1.807) is 6.92 Å². The van der Waals surface area contributed by atoms with E-state index in [-0.39, 0.29) is 18.0 Å². The highest BCUT2D eigenvalue weighted by atomic mass is 35.5. The fourth-order valence-corrected chi connectivity index (χ4v) is 1.47. The Morgan fingerprint density at radius 1 is 1.33 bits per heavy atom. The molecule has 1 nitrogen and oxygen atoms in total. The van der Waals surface area contributed by atoms with E-state index in [0.717, 1.165) is 6.42 Å². The van der Waals surface area contributed by atoms with Crippen LogP contribution in [0.2, 0.25) is 0 Å². The van der Waals surface area contributed by atoms with E-state index < -0.39 is 17.7 Å². The first-order chi connectivity index (χ1) is 6.57. The number of aryl methyl sites for hydroxylation is 1. The smallest absolute Gasteiger partial charge is 0.133 e. The number of hydrogen-bond acceptors (Lipinski definition) is 1. The van der Waals surface area contributed by atoms with Gasteiger partial charge < -0.3 is 5.73 Å². The van der Waals surface area contributed by atoms with Gasteiger partial charge in [-0.05, 0) is 25.0 Å². The summed E-state index contributed by atoms with van der Waals surface area (Å²) in [7, 11) is 0. The van der Waals surface area contributed by atoms with Crippen molar-refractivity contribution in [2.75, 3.05) is 0 Å². The standard InChI is InChI=1S/C11H15F2N.ClH/c1-3-4-9(14)10-8(12)6-5-7(2)11(10)13;/h5-6,9H,3-4,14H2,1-2H3;1H/t9-;/m1./s1. The SMILES string of the molecule is CCC[C@@H](N)c1c(F)ccc(C)c1F.Cl. The van der Waals surface area contributed by atoms with Crippen molar-refractivity contribution in [2.45, 2.75) is 32.7 Å². The summed E-state index contributed by atoms with van der Waals surface area (Å²) < 4.78 is 26.8. The van der Waals surface area contributed by atoms with Gasteiger partial charge in [-0.3, -0.25) is 0 Å². The van der Waals surface area contributed by atoms with Gasteiger partial charge in [0.25, 0.3) is 0 Å². The average molecular weight is 236 g/mol. The molecule has 0 unspecified atom stereocenters. The van der Waals surface area contributed by atoms with Gasteiger partial charge >= 0.3 is 0 Å². The molecule has 0 spiro atoms. The summed E-state index contributed by atoms with van der Waals surface area (Å²) in [6, 6.07) is 2.15. The zero-order valence-electron chi connectivity index (χ0n) is 8.89. The number of benzene rings is 1. The minimum Gasteiger partial charge on any atom is -0.324 e. The van der Waals surface area contributed by atoms with Gasteiger partial charge in [0.15, 0.2) is 0 Å². The Balaban J connectivity index is 0.00000196. The maximum atomic E-state index is 13.5. The topological polar surface area (TPSA) is 26.0 Å². The van der Waals surface area contributed by atoms with Crippen LogP contribution in [-0.2, 0) is 0 Å². The van der Waals surface area contributed by atoms with Crippen molar-refractivity contribution in [1.29, 1.82) is 0 Å². The molecule has 0 heterocycles. The van der Waals surface area contributed by atoms with Gasteiger partial charge in [0.05, 0.1) is 0 Å². The highest BCUT2D eigenvalue weighted by Gasteiger charge is 2.17. The molecule has 15 heavy (non-hydrogen) atoms. The molecule has 0 saturated heterocycles. The Bertz CT molecular complexity index is 329. The Hall–Kier alpha value is -0.670. The molecule has 0 fully saturated rings. The highest BCUT2D eigenvalue weighted by molar-refractivity contribution is 5.85. The Labute approximate surface area is 95.1 Å². The summed E-state index contributed by atoms with van der Waals surface area (Å²) in [5.74, 6) is -1.06. The normalized spacial score (nSPS) is 12.1. The van der Waals surface area contributed by atoms with E-state index >= 15 is 0 Å². The fraction of sp³-hybridized carbons (Fsp3) is 0.455. The van der Waals surface area contributed by atoms with Gasteiger partial charge in [-0.2, -0.15) is 0 Å². The third-order valence-corrected chi connectivity index (χ3v) is 2.29. The molecule has 0 aromatic heterocycles. The second-order valence-electron chi connectivity index (χ2n) is 3.49. The molecule has 1 atom stereocenters. The summed E-state index contributed by atoms with van der Waals surface area (Å²) in [5, 5.41) is 0. The molecule has 1 aromatic carbocycles. The number of hydrogen-bond donors (Lipinski definition) is 1. The molecule has 0 amide bonds. The van der Waals surface area contributed by atoms with E-state index in [2.05, 4.69) is 0 Å². The quantitative estimate of drug-likeness (QED) is 0.853. The van der Waals surface area contributed by atoms with Crippen molar-refractivity contribution in [2.24, 2.45) is 5.73 Å². The lowest BCUT2D eigenvalue weighted by Gasteiger charge is -2.13. The van der Waals surface area contributed by atoms with Crippen LogP contribution < -0.4 is 5.73 Å². The number of halogens is 3. The zero-order chi connectivity index (χ0) is 10.7. The lowest BCUT2D eigenvalue weighted by molar-refractivity contribution is 0.506. The lowest BCUT2D eigenvalue weighted by atomic mass is 10.00. The first-order valence-corrected chi connectivity index (χ1v) is 4.78. The molecule has 4 heteroatoms. The van der Waals surface area contributed by atoms with Crippen LogP contribution in [0, 0.1) is 18.6 Å². The highest BCUT2D eigenvalue weighted by Crippen LogP contribution is 2.24. The van der Waals surface area contributed by atoms with Crippen LogP contribution >= 0.6 is 12.4 Å². The van der Waals surface area contributed by atoms with Crippen LogP contribution in [0.4, 0.5) is 8.78 Å². The summed E-state index contributed by atoms with van der Waals surface area (Å²) in [6.07, 6.45) is 1.41. The average Bonchev–Trinajstić information content (AvgIpc) is 2.13. The molecule has 0 bridgehead atoms. The monoisotopic (exact) mass is 235 g/mol. The van der Waals surface area contributed by atoms with E-state index in [1.165, 1.54) is 12.1 Å². The molecular weight excluding hydrogens is 220 g/mol. The molecule has 0 radical (unpaired) electrons. The van der Waals surface area contributed by atoms with Crippen LogP contribution in [0.5, 0.6) is 0 Å². The van der Waals surface area contributed by atoms with Crippen LogP contribution in [0.15, 0.2) is 12.1 Å². The van der Waals surface area contributed by atoms with E-state index in [1.807, 2.05) is 6.92 Å². The van der Waals surface area contributed by atoms with E-state index in [9.17, 15) is 8.78 Å². The van der Waals surface area contributed by atoms with Crippen molar-refractivity contribution in [3.63, 3.8) is 0 Å². The van der Waals surface area contributed by atoms with Gasteiger partial charge in [-0.25, -0.2) is 8.78 Å². The lowest BCUT2D eigenvalue weighted by Crippen LogP contribution is -2.14. The Morgan fingerprint density at radius 2 is 1.93 bits per heavy atom. The molecule has 86 valence electrons. The molecule has 2 N–H and O–H groups in total. The molecule has 0 aliphatic heterocycles. The molecular formula is C11H16ClF2N. The van der Waals surface area contributed by atoms with Crippen molar-refractivity contribution in [3.05, 3.63) is 34.9 Å². The molecule has 0 aliphatic carbocycles. The van der Waals surface area contributed by atoms with Crippen molar-refractivity contribution < 1.29 is 8.78 Å². The van der Waals surface area contributed by atoms with Crippen LogP contribution in [0.1, 0.15) is 36.9 Å². The van der Waals surface area contributed by atoms with E-state index in [0.29, 0.717) is 12.0 Å². The molecule has 0 aliphatic rings. The van der Waals surface area contributed by atoms with Crippen LogP contribution in [0.3, 0.4) is 0 Å². The van der Waals surface area contributed by atoms with Gasteiger partial charge in [-0.1, -0.05) is 19.4 Å². The third kappa shape index (κ3) is 3.14. The van der Waals surface area contributed by atoms with Crippen molar-refractivity contribution in [3.8, 4) is 0 Å². The zero-order valence-corrected chi connectivity index (χ0v) is 9.70. The predicted octanol–water partition coefficient (Wildman–Crippen LogP) is 3.49. The first-order valence-electron chi connectivity index (χ1n) is 4.78. The molecule has 1 rings (SSSR count). The van der Waals surface area contributed by atoms with Gasteiger partial charge in [0, 0.05) is 11.6 Å². The largest absolute Gasteiger partial charge is 0.324 e. The van der Waals surface area contributed by atoms with Crippen LogP contribution in [0.25, 0.3) is 0 Å². The predicted molar refractivity (Wildman–Crippen MR) is 60.2 cm³/mol. The summed E-state index contributed by atoms with van der Waals surface area (Å²) in [6.45, 7) is 3.54. The Morgan fingerprint density at radius 3 is 2.47 bits per heavy atom. The maximum absolute atomic E-state index is 13.5. The minimum atomic E-state index is -0.547. The second-order valence-corrected chi connectivity index (χ2v) is 3.49. The summed E-state index contributed by atoms with van der Waals surface area (Å²) in [4.78, 5) is 0. The minimum absolute atomic E-state index is 0. The third-order valence-electron chi connectivity index (χ3n) is 2.29. The summed E-state index contributed by atoms with van der Waals surface area (Å²) >= 11 is 0. The maximum Gasteiger partial charge on any atom is 0.133 e.